The quantitative estimate of drug-likeness (QED) is 0.570. The summed E-state index contributed by atoms with van der Waals surface area (Å²) in [5.41, 5.74) is 0. The molecule has 11 heavy (non-hydrogen) atoms. The van der Waals surface area contributed by atoms with E-state index in [-0.39, 0.29) is 6.15 Å². The van der Waals surface area contributed by atoms with Crippen LogP contribution in [0.5, 0.6) is 0 Å². The Bertz CT molecular complexity index is 40.7. The van der Waals surface area contributed by atoms with Crippen LogP contribution in [0, 0.1) is 0 Å². The van der Waals surface area contributed by atoms with Crippen molar-refractivity contribution < 1.29 is 0 Å². The first-order chi connectivity index (χ1) is 5.00. The van der Waals surface area contributed by atoms with Crippen molar-refractivity contribution in [2.75, 3.05) is 13.1 Å². The number of nitrogens with one attached hydrogen (secondary N) is 1. The van der Waals surface area contributed by atoms with E-state index in [9.17, 15) is 0 Å². The van der Waals surface area contributed by atoms with Crippen LogP contribution in [0.1, 0.15) is 44.9 Å². The largest absolute Gasteiger partial charge is 0.317 e. The highest BCUT2D eigenvalue weighted by Crippen LogP contribution is 2.07. The van der Waals surface area contributed by atoms with Crippen molar-refractivity contribution >= 4 is 0 Å². The van der Waals surface area contributed by atoms with Gasteiger partial charge in [-0.25, -0.2) is 0 Å². The van der Waals surface area contributed by atoms with Crippen molar-refractivity contribution in [1.82, 2.24) is 11.5 Å². The maximum Gasteiger partial charge on any atom is 0 e. The molecule has 1 fully saturated rings. The Morgan fingerprint density at radius 3 is 1.36 bits per heavy atom. The summed E-state index contributed by atoms with van der Waals surface area (Å²) in [7, 11) is 0. The molecule has 1 rings (SSSR count). The van der Waals surface area contributed by atoms with Gasteiger partial charge in [0.15, 0.2) is 0 Å². The van der Waals surface area contributed by atoms with E-state index in [0.29, 0.717) is 0 Å². The first kappa shape index (κ1) is 10.9. The average molecular weight is 155 g/mol. The Labute approximate surface area is 70.3 Å². The van der Waals surface area contributed by atoms with E-state index in [1.807, 2.05) is 0 Å². The Morgan fingerprint density at radius 2 is 0.909 bits per heavy atom. The molecule has 0 aromatic carbocycles. The second-order valence-corrected chi connectivity index (χ2v) is 3.22. The van der Waals surface area contributed by atoms with Gasteiger partial charge in [0.05, 0.1) is 0 Å². The molecule has 0 aliphatic carbocycles. The second-order valence-electron chi connectivity index (χ2n) is 3.22. The zero-order valence-electron chi connectivity index (χ0n) is 7.31. The molecule has 0 unspecified atom stereocenters. The molecule has 0 aromatic rings. The maximum atomic E-state index is 3.46. The summed E-state index contributed by atoms with van der Waals surface area (Å²) in [6, 6.07) is 0. The lowest BCUT2D eigenvalue weighted by atomic mass is 10.1. The molecule has 0 aromatic heterocycles. The van der Waals surface area contributed by atoms with Crippen molar-refractivity contribution in [1.29, 1.82) is 0 Å². The molecule has 0 amide bonds. The third-order valence-electron chi connectivity index (χ3n) is 2.21. The first-order valence-corrected chi connectivity index (χ1v) is 4.71. The first-order valence-electron chi connectivity index (χ1n) is 4.71. The molecule has 0 atom stereocenters. The summed E-state index contributed by atoms with van der Waals surface area (Å²) in [4.78, 5) is 0. The number of rotatable bonds is 0. The van der Waals surface area contributed by atoms with Crippen LogP contribution in [0.25, 0.3) is 0 Å². The second kappa shape index (κ2) is 8.02. The predicted molar refractivity (Wildman–Crippen MR) is 47.3 cm³/mol. The molecule has 1 aliphatic heterocycles. The van der Waals surface area contributed by atoms with Crippen LogP contribution < -0.4 is 11.5 Å². The van der Waals surface area contributed by atoms with Crippen molar-refractivity contribution in [2.24, 2.45) is 0 Å². The lowest BCUT2D eigenvalue weighted by molar-refractivity contribution is 0.514. The molecule has 2 heteroatoms. The minimum atomic E-state index is 0. The highest BCUT2D eigenvalue weighted by molar-refractivity contribution is 4.53. The van der Waals surface area contributed by atoms with Gasteiger partial charge >= 0.3 is 0 Å². The van der Waals surface area contributed by atoms with E-state index in [0.717, 1.165) is 0 Å². The lowest BCUT2D eigenvalue weighted by Gasteiger charge is -2.07. The predicted octanol–water partition coefficient (Wildman–Crippen LogP) is 1.84. The van der Waals surface area contributed by atoms with Gasteiger partial charge in [0.1, 0.15) is 0 Å². The molecule has 65 valence electrons. The fourth-order valence-electron chi connectivity index (χ4n) is 1.51. The van der Waals surface area contributed by atoms with Gasteiger partial charge in [-0.2, -0.15) is 0 Å². The number of nitrogens with zero attached hydrogens (tertiary/aromatic N) is 1. The van der Waals surface area contributed by atoms with Gasteiger partial charge in [-0.05, 0) is 25.9 Å². The van der Waals surface area contributed by atoms with Crippen LogP contribution in [0.4, 0.5) is 0 Å². The molecule has 1 N–H and O–H groups in total. The van der Waals surface area contributed by atoms with Crippen LogP contribution >= 0.6 is 0 Å². The fourth-order valence-corrected chi connectivity index (χ4v) is 1.51. The Kier molecular flexibility index (Phi) is 7.96. The van der Waals surface area contributed by atoms with Gasteiger partial charge in [-0.3, -0.25) is 0 Å². The standard InChI is InChI=1S/C9H19N.N/c1-2-4-6-8-10-9-7-5-3-1;/h10H,1-9H2;. The van der Waals surface area contributed by atoms with E-state index in [1.165, 1.54) is 58.0 Å². The van der Waals surface area contributed by atoms with Crippen LogP contribution in [-0.2, 0) is 0 Å². The summed E-state index contributed by atoms with van der Waals surface area (Å²) in [5.74, 6) is 0. The van der Waals surface area contributed by atoms with E-state index in [4.69, 9.17) is 0 Å². The Balaban J connectivity index is 0.000001000. The molecule has 2 nitrogen and oxygen atoms in total. The molecule has 0 bridgehead atoms. The van der Waals surface area contributed by atoms with E-state index >= 15 is 0 Å². The molecular weight excluding hydrogens is 136 g/mol. The SMILES string of the molecule is C1CCCCNCCCC1.[N]. The average Bonchev–Trinajstić information content (AvgIpc) is 2.01. The summed E-state index contributed by atoms with van der Waals surface area (Å²) >= 11 is 0. The molecule has 1 heterocycles. The summed E-state index contributed by atoms with van der Waals surface area (Å²) in [5, 5.41) is 3.46. The van der Waals surface area contributed by atoms with E-state index in [2.05, 4.69) is 5.32 Å². The van der Waals surface area contributed by atoms with Crippen molar-refractivity contribution in [3.63, 3.8) is 0 Å². The molecule has 3 radical (unpaired) electrons. The maximum absolute atomic E-state index is 3.46. The van der Waals surface area contributed by atoms with Crippen LogP contribution in [0.2, 0.25) is 0 Å². The summed E-state index contributed by atoms with van der Waals surface area (Å²) in [6.45, 7) is 2.50. The highest BCUT2D eigenvalue weighted by Gasteiger charge is 1.94. The van der Waals surface area contributed by atoms with Crippen LogP contribution in [-0.4, -0.2) is 13.1 Å². The van der Waals surface area contributed by atoms with E-state index < -0.39 is 0 Å². The molecule has 1 aliphatic rings. The Morgan fingerprint density at radius 1 is 0.545 bits per heavy atom. The number of hydrogen-bond acceptors (Lipinski definition) is 1. The molecule has 0 saturated carbocycles. The zero-order valence-corrected chi connectivity index (χ0v) is 7.31. The van der Waals surface area contributed by atoms with Gasteiger partial charge in [0, 0.05) is 6.15 Å². The van der Waals surface area contributed by atoms with Gasteiger partial charge in [0.25, 0.3) is 0 Å². The zero-order chi connectivity index (χ0) is 7.07. The van der Waals surface area contributed by atoms with Crippen molar-refractivity contribution in [2.45, 2.75) is 44.9 Å². The lowest BCUT2D eigenvalue weighted by Crippen LogP contribution is -2.17. The van der Waals surface area contributed by atoms with Crippen LogP contribution in [0.3, 0.4) is 0 Å². The fraction of sp³-hybridized carbons (Fsp3) is 1.00. The topological polar surface area (TPSA) is 42.5 Å². The third kappa shape index (κ3) is 6.32. The van der Waals surface area contributed by atoms with Crippen molar-refractivity contribution in [3.05, 3.63) is 0 Å². The van der Waals surface area contributed by atoms with Gasteiger partial charge in [-0.1, -0.05) is 32.1 Å². The summed E-state index contributed by atoms with van der Waals surface area (Å²) in [6.07, 6.45) is 10.0. The van der Waals surface area contributed by atoms with Gasteiger partial charge in [-0.15, -0.1) is 0 Å². The van der Waals surface area contributed by atoms with Crippen LogP contribution in [0.15, 0.2) is 0 Å². The van der Waals surface area contributed by atoms with E-state index in [1.54, 1.807) is 0 Å². The monoisotopic (exact) mass is 155 g/mol. The number of hydrogen-bond donors (Lipinski definition) is 1. The van der Waals surface area contributed by atoms with Gasteiger partial charge < -0.3 is 5.32 Å². The smallest absolute Gasteiger partial charge is 0 e. The molecule has 1 saturated heterocycles. The Hall–Kier alpha value is -0.0800. The third-order valence-corrected chi connectivity index (χ3v) is 2.21. The van der Waals surface area contributed by atoms with Crippen molar-refractivity contribution in [3.8, 4) is 0 Å². The van der Waals surface area contributed by atoms with Gasteiger partial charge in [0.2, 0.25) is 0 Å². The molecule has 0 spiro atoms. The highest BCUT2D eigenvalue weighted by atomic mass is 14.8. The minimum Gasteiger partial charge on any atom is -0.317 e. The minimum absolute atomic E-state index is 0. The normalized spacial score (nSPS) is 21.8. The molecular formula is C9H19N2. The summed E-state index contributed by atoms with van der Waals surface area (Å²) < 4.78 is 0.